The van der Waals surface area contributed by atoms with Gasteiger partial charge in [0.2, 0.25) is 11.8 Å². The fourth-order valence-corrected chi connectivity index (χ4v) is 3.12. The van der Waals surface area contributed by atoms with Crippen molar-refractivity contribution in [1.82, 2.24) is 5.32 Å². The minimum atomic E-state index is -0.313. The molecule has 136 valence electrons. The van der Waals surface area contributed by atoms with E-state index in [0.29, 0.717) is 13.1 Å². The van der Waals surface area contributed by atoms with Gasteiger partial charge < -0.3 is 15.0 Å². The van der Waals surface area contributed by atoms with Crippen molar-refractivity contribution in [3.63, 3.8) is 0 Å². The first kappa shape index (κ1) is 18.0. The van der Waals surface area contributed by atoms with Crippen LogP contribution < -0.4 is 15.0 Å². The number of aryl methyl sites for hydroxylation is 1. The van der Waals surface area contributed by atoms with Gasteiger partial charge in [-0.2, -0.15) is 0 Å². The van der Waals surface area contributed by atoms with Crippen molar-refractivity contribution in [2.45, 2.75) is 26.3 Å². The molecule has 0 bridgehead atoms. The Labute approximate surface area is 154 Å². The van der Waals surface area contributed by atoms with E-state index in [9.17, 15) is 9.59 Å². The van der Waals surface area contributed by atoms with E-state index >= 15 is 0 Å². The minimum absolute atomic E-state index is 0.00107. The molecule has 0 saturated carbocycles. The van der Waals surface area contributed by atoms with Gasteiger partial charge in [-0.15, -0.1) is 0 Å². The van der Waals surface area contributed by atoms with Gasteiger partial charge in [-0.1, -0.05) is 31.2 Å². The van der Waals surface area contributed by atoms with E-state index in [2.05, 4.69) is 12.2 Å². The average Bonchev–Trinajstić information content (AvgIpc) is 3.08. The van der Waals surface area contributed by atoms with Crippen molar-refractivity contribution < 1.29 is 14.3 Å². The lowest BCUT2D eigenvalue weighted by molar-refractivity contribution is -0.126. The number of nitrogens with zero attached hydrogens (tertiary/aromatic N) is 1. The molecule has 1 fully saturated rings. The maximum absolute atomic E-state index is 12.4. The number of rotatable bonds is 6. The predicted molar refractivity (Wildman–Crippen MR) is 101 cm³/mol. The zero-order chi connectivity index (χ0) is 18.5. The second-order valence-corrected chi connectivity index (χ2v) is 6.49. The molecule has 0 spiro atoms. The van der Waals surface area contributed by atoms with Crippen molar-refractivity contribution in [3.05, 3.63) is 59.7 Å². The Morgan fingerprint density at radius 1 is 1.12 bits per heavy atom. The van der Waals surface area contributed by atoms with Gasteiger partial charge in [-0.25, -0.2) is 0 Å². The van der Waals surface area contributed by atoms with E-state index < -0.39 is 0 Å². The number of carbonyl (C=O) groups excluding carboxylic acids is 2. The quantitative estimate of drug-likeness (QED) is 0.870. The summed E-state index contributed by atoms with van der Waals surface area (Å²) in [6.07, 6.45) is 1.22. The number of hydrogen-bond donors (Lipinski definition) is 1. The first-order chi connectivity index (χ1) is 12.6. The average molecular weight is 352 g/mol. The Hall–Kier alpha value is -2.82. The lowest BCUT2D eigenvalue weighted by atomic mass is 10.1. The lowest BCUT2D eigenvalue weighted by Gasteiger charge is -2.17. The lowest BCUT2D eigenvalue weighted by Crippen LogP contribution is -2.32. The largest absolute Gasteiger partial charge is 0.497 e. The van der Waals surface area contributed by atoms with E-state index in [1.54, 1.807) is 12.0 Å². The van der Waals surface area contributed by atoms with Gasteiger partial charge in [0, 0.05) is 25.2 Å². The zero-order valence-electron chi connectivity index (χ0n) is 15.2. The summed E-state index contributed by atoms with van der Waals surface area (Å²) >= 11 is 0. The molecule has 0 aliphatic carbocycles. The van der Waals surface area contributed by atoms with Gasteiger partial charge in [0.25, 0.3) is 0 Å². The van der Waals surface area contributed by atoms with E-state index in [1.807, 2.05) is 48.5 Å². The highest BCUT2D eigenvalue weighted by atomic mass is 16.5. The molecular formula is C21H24N2O3. The summed E-state index contributed by atoms with van der Waals surface area (Å²) in [7, 11) is 1.62. The summed E-state index contributed by atoms with van der Waals surface area (Å²) in [6.45, 7) is 2.97. The zero-order valence-corrected chi connectivity index (χ0v) is 15.2. The molecule has 1 N–H and O–H groups in total. The van der Waals surface area contributed by atoms with Gasteiger partial charge in [0.05, 0.1) is 13.0 Å². The molecule has 1 aliphatic heterocycles. The first-order valence-corrected chi connectivity index (χ1v) is 8.90. The monoisotopic (exact) mass is 352 g/mol. The molecule has 1 aliphatic rings. The fraction of sp³-hybridized carbons (Fsp3) is 0.333. The van der Waals surface area contributed by atoms with Crippen molar-refractivity contribution in [2.75, 3.05) is 18.6 Å². The summed E-state index contributed by atoms with van der Waals surface area (Å²) in [5.41, 5.74) is 3.09. The van der Waals surface area contributed by atoms with Crippen LogP contribution in [-0.4, -0.2) is 25.5 Å². The molecule has 1 atom stereocenters. The van der Waals surface area contributed by atoms with Crippen LogP contribution >= 0.6 is 0 Å². The molecule has 3 rings (SSSR count). The highest BCUT2D eigenvalue weighted by Crippen LogP contribution is 2.25. The molecular weight excluding hydrogens is 328 g/mol. The molecule has 26 heavy (non-hydrogen) atoms. The molecule has 0 unspecified atom stereocenters. The maximum Gasteiger partial charge on any atom is 0.227 e. The van der Waals surface area contributed by atoms with Crippen LogP contribution in [0.4, 0.5) is 5.69 Å². The van der Waals surface area contributed by atoms with Crippen molar-refractivity contribution in [3.8, 4) is 5.75 Å². The van der Waals surface area contributed by atoms with Gasteiger partial charge in [0.15, 0.2) is 0 Å². The summed E-state index contributed by atoms with van der Waals surface area (Å²) < 4.78 is 5.13. The third-order valence-electron chi connectivity index (χ3n) is 4.78. The number of carbonyl (C=O) groups is 2. The Morgan fingerprint density at radius 3 is 2.38 bits per heavy atom. The molecule has 2 amide bonds. The van der Waals surface area contributed by atoms with Gasteiger partial charge in [-0.3, -0.25) is 9.59 Å². The first-order valence-electron chi connectivity index (χ1n) is 8.90. The number of amides is 2. The molecule has 5 nitrogen and oxygen atoms in total. The van der Waals surface area contributed by atoms with Crippen molar-refractivity contribution >= 4 is 17.5 Å². The predicted octanol–water partition coefficient (Wildman–Crippen LogP) is 2.93. The van der Waals surface area contributed by atoms with Gasteiger partial charge in [0.1, 0.15) is 5.75 Å². The van der Waals surface area contributed by atoms with Gasteiger partial charge >= 0.3 is 0 Å². The maximum atomic E-state index is 12.4. The smallest absolute Gasteiger partial charge is 0.227 e. The Morgan fingerprint density at radius 2 is 1.77 bits per heavy atom. The van der Waals surface area contributed by atoms with Crippen LogP contribution in [0.1, 0.15) is 24.5 Å². The number of hydrogen-bond acceptors (Lipinski definition) is 3. The van der Waals surface area contributed by atoms with Gasteiger partial charge in [-0.05, 0) is 41.8 Å². The van der Waals surface area contributed by atoms with Crippen LogP contribution in [-0.2, 0) is 22.6 Å². The second kappa shape index (κ2) is 8.04. The Balaban J connectivity index is 1.57. The third-order valence-corrected chi connectivity index (χ3v) is 4.78. The summed E-state index contributed by atoms with van der Waals surface area (Å²) in [5.74, 6) is 0.387. The van der Waals surface area contributed by atoms with Crippen molar-refractivity contribution in [1.29, 1.82) is 0 Å². The number of nitrogens with one attached hydrogen (secondary N) is 1. The Kier molecular flexibility index (Phi) is 5.56. The molecule has 1 saturated heterocycles. The van der Waals surface area contributed by atoms with Crippen LogP contribution in [0, 0.1) is 5.92 Å². The molecule has 5 heteroatoms. The number of ether oxygens (including phenoxy) is 1. The highest BCUT2D eigenvalue weighted by molar-refractivity contribution is 6.00. The summed E-state index contributed by atoms with van der Waals surface area (Å²) in [6, 6.07) is 15.5. The fourth-order valence-electron chi connectivity index (χ4n) is 3.12. The van der Waals surface area contributed by atoms with Crippen molar-refractivity contribution in [2.24, 2.45) is 5.92 Å². The van der Waals surface area contributed by atoms with E-state index in [-0.39, 0.29) is 24.2 Å². The van der Waals surface area contributed by atoms with E-state index in [0.717, 1.165) is 23.4 Å². The molecule has 0 aromatic heterocycles. The minimum Gasteiger partial charge on any atom is -0.497 e. The molecule has 2 aromatic carbocycles. The molecule has 1 heterocycles. The molecule has 2 aromatic rings. The SMILES string of the molecule is CCc1ccc(N2C[C@@H](C(=O)NCc3ccc(OC)cc3)CC2=O)cc1. The number of methoxy groups -OCH3 is 1. The topological polar surface area (TPSA) is 58.6 Å². The van der Waals surface area contributed by atoms with Crippen LogP contribution in [0.3, 0.4) is 0 Å². The summed E-state index contributed by atoms with van der Waals surface area (Å²) in [5, 5.41) is 2.93. The Bertz CT molecular complexity index is 769. The molecule has 0 radical (unpaired) electrons. The standard InChI is InChI=1S/C21H24N2O3/c1-3-15-4-8-18(9-5-15)23-14-17(12-20(23)24)21(25)22-13-16-6-10-19(26-2)11-7-16/h4-11,17H,3,12-14H2,1-2H3,(H,22,25)/t17-/m0/s1. The normalized spacial score (nSPS) is 16.6. The second-order valence-electron chi connectivity index (χ2n) is 6.49. The highest BCUT2D eigenvalue weighted by Gasteiger charge is 2.34. The van der Waals surface area contributed by atoms with Crippen LogP contribution in [0.2, 0.25) is 0 Å². The summed E-state index contributed by atoms with van der Waals surface area (Å²) in [4.78, 5) is 26.5. The van der Waals surface area contributed by atoms with Crippen LogP contribution in [0.5, 0.6) is 5.75 Å². The number of benzene rings is 2. The van der Waals surface area contributed by atoms with E-state index in [1.165, 1.54) is 5.56 Å². The van der Waals surface area contributed by atoms with E-state index in [4.69, 9.17) is 4.74 Å². The van der Waals surface area contributed by atoms with Crippen LogP contribution in [0.25, 0.3) is 0 Å². The third kappa shape index (κ3) is 4.04. The van der Waals surface area contributed by atoms with Crippen LogP contribution in [0.15, 0.2) is 48.5 Å². The number of anilines is 1.